The summed E-state index contributed by atoms with van der Waals surface area (Å²) < 4.78 is 58.7. The van der Waals surface area contributed by atoms with Gasteiger partial charge in [0, 0.05) is 0 Å². The van der Waals surface area contributed by atoms with E-state index in [0.29, 0.717) is 6.07 Å². The largest absolute Gasteiger partial charge is 1.00 e. The van der Waals surface area contributed by atoms with Crippen LogP contribution in [0.4, 0.5) is 12.9 Å². The van der Waals surface area contributed by atoms with Crippen molar-refractivity contribution in [3.05, 3.63) is 23.8 Å². The van der Waals surface area contributed by atoms with Gasteiger partial charge in [-0.05, 0) is 18.6 Å². The quantitative estimate of drug-likeness (QED) is 0.618. The van der Waals surface area contributed by atoms with Gasteiger partial charge in [0.25, 0.3) is 0 Å². The van der Waals surface area contributed by atoms with E-state index in [1.807, 2.05) is 0 Å². The Morgan fingerprint density at radius 1 is 1.25 bits per heavy atom. The zero-order chi connectivity index (χ0) is 11.9. The van der Waals surface area contributed by atoms with Gasteiger partial charge in [-0.25, -0.2) is 13.6 Å². The van der Waals surface area contributed by atoms with Gasteiger partial charge in [-0.15, -0.1) is 5.46 Å². The van der Waals surface area contributed by atoms with Crippen LogP contribution in [0.15, 0.2) is 23.1 Å². The normalized spacial score (nSPS) is 12.1. The van der Waals surface area contributed by atoms with Crippen molar-refractivity contribution in [3.8, 4) is 0 Å². The Bertz CT molecular complexity index is 489. The van der Waals surface area contributed by atoms with Crippen LogP contribution in [0.5, 0.6) is 0 Å². The van der Waals surface area contributed by atoms with Crippen molar-refractivity contribution < 1.29 is 72.7 Å². The summed E-state index contributed by atoms with van der Waals surface area (Å²) in [5, 5.41) is 4.81. The van der Waals surface area contributed by atoms with Crippen molar-refractivity contribution in [2.24, 2.45) is 5.14 Å². The van der Waals surface area contributed by atoms with Crippen LogP contribution in [0, 0.1) is 6.92 Å². The fourth-order valence-corrected chi connectivity index (χ4v) is 1.96. The minimum atomic E-state index is -5.11. The van der Waals surface area contributed by atoms with Crippen LogP contribution in [-0.4, -0.2) is 15.4 Å². The first-order valence-electron chi connectivity index (χ1n) is 3.95. The van der Waals surface area contributed by atoms with E-state index in [1.54, 1.807) is 0 Å². The van der Waals surface area contributed by atoms with Gasteiger partial charge in [0.15, 0.2) is 0 Å². The monoisotopic (exact) mass is 277 g/mol. The number of hydrogen-bond donors (Lipinski definition) is 1. The van der Waals surface area contributed by atoms with Gasteiger partial charge in [-0.3, -0.25) is 0 Å². The fraction of sp³-hybridized carbons (Fsp3) is 0.143. The van der Waals surface area contributed by atoms with Crippen LogP contribution in [0.3, 0.4) is 0 Å². The third-order valence-electron chi connectivity index (χ3n) is 1.88. The van der Waals surface area contributed by atoms with Gasteiger partial charge in [0.1, 0.15) is 0 Å². The molecule has 0 saturated heterocycles. The molecular weight excluding hydrogens is 269 g/mol. The van der Waals surface area contributed by atoms with Gasteiger partial charge in [0.05, 0.1) is 4.90 Å². The first-order chi connectivity index (χ1) is 6.62. The number of nitrogens with two attached hydrogens (primary N) is 1. The molecular formula is C7H8BF3KNO2S. The molecule has 1 aromatic carbocycles. The second kappa shape index (κ2) is 5.51. The van der Waals surface area contributed by atoms with Crippen LogP contribution in [0.1, 0.15) is 5.56 Å². The maximum atomic E-state index is 12.3. The van der Waals surface area contributed by atoms with Crippen LogP contribution in [0.2, 0.25) is 0 Å². The molecule has 0 bridgehead atoms. The van der Waals surface area contributed by atoms with Crippen molar-refractivity contribution in [2.75, 3.05) is 0 Å². The molecule has 1 rings (SSSR count). The Hall–Kier alpha value is 0.621. The zero-order valence-electron chi connectivity index (χ0n) is 8.75. The Labute approximate surface area is 134 Å². The number of rotatable bonds is 2. The summed E-state index contributed by atoms with van der Waals surface area (Å²) in [6, 6.07) is 2.36. The van der Waals surface area contributed by atoms with Crippen LogP contribution in [0.25, 0.3) is 0 Å². The first kappa shape index (κ1) is 16.6. The second-order valence-electron chi connectivity index (χ2n) is 3.14. The molecule has 0 fully saturated rings. The number of halogens is 3. The number of benzene rings is 1. The SMILES string of the molecule is Cc1cc([B-](F)(F)F)ccc1S(N)(=O)=O.[K+]. The van der Waals surface area contributed by atoms with Crippen LogP contribution >= 0.6 is 0 Å². The summed E-state index contributed by atoms with van der Waals surface area (Å²) in [4.78, 5) is -0.286. The van der Waals surface area contributed by atoms with E-state index in [1.165, 1.54) is 6.92 Å². The van der Waals surface area contributed by atoms with Crippen LogP contribution < -0.4 is 62.0 Å². The standard InChI is InChI=1S/C7H8BF3NO2S.K/c1-5-4-6(8(9,10)11)2-3-7(5)15(12,13)14;/h2-4H,1H3,(H2,12,13,14);/q-1;+1. The van der Waals surface area contributed by atoms with E-state index in [2.05, 4.69) is 0 Å². The molecule has 2 N–H and O–H groups in total. The van der Waals surface area contributed by atoms with Gasteiger partial charge in [0.2, 0.25) is 10.0 Å². The van der Waals surface area contributed by atoms with Gasteiger partial charge >= 0.3 is 58.4 Å². The van der Waals surface area contributed by atoms with E-state index in [9.17, 15) is 21.4 Å². The average Bonchev–Trinajstić information content (AvgIpc) is 1.99. The summed E-state index contributed by atoms with van der Waals surface area (Å²) in [5.74, 6) is 0. The Kier molecular flexibility index (Phi) is 5.72. The van der Waals surface area contributed by atoms with Crippen molar-refractivity contribution in [1.29, 1.82) is 0 Å². The van der Waals surface area contributed by atoms with E-state index in [4.69, 9.17) is 5.14 Å². The molecule has 0 aliphatic heterocycles. The minimum absolute atomic E-state index is 0. The minimum Gasteiger partial charge on any atom is -0.445 e. The number of aryl methyl sites for hydroxylation is 1. The van der Waals surface area contributed by atoms with Crippen molar-refractivity contribution in [1.82, 2.24) is 0 Å². The van der Waals surface area contributed by atoms with Crippen molar-refractivity contribution in [2.45, 2.75) is 11.8 Å². The second-order valence-corrected chi connectivity index (χ2v) is 4.67. The molecule has 16 heavy (non-hydrogen) atoms. The summed E-state index contributed by atoms with van der Waals surface area (Å²) in [6.45, 7) is -3.84. The smallest absolute Gasteiger partial charge is 0.445 e. The number of sulfonamides is 1. The molecule has 0 amide bonds. The predicted molar refractivity (Wildman–Crippen MR) is 51.3 cm³/mol. The molecule has 0 radical (unpaired) electrons. The summed E-state index contributed by atoms with van der Waals surface area (Å²) in [7, 11) is -3.96. The van der Waals surface area contributed by atoms with E-state index in [0.717, 1.165) is 12.1 Å². The molecule has 0 aliphatic carbocycles. The molecule has 0 aromatic heterocycles. The zero-order valence-corrected chi connectivity index (χ0v) is 12.7. The fourth-order valence-electron chi connectivity index (χ4n) is 1.20. The predicted octanol–water partition coefficient (Wildman–Crippen LogP) is -2.30. The Balaban J connectivity index is 0.00000225. The Morgan fingerprint density at radius 3 is 2.06 bits per heavy atom. The van der Waals surface area contributed by atoms with Crippen LogP contribution in [-0.2, 0) is 10.0 Å². The molecule has 0 heterocycles. The first-order valence-corrected chi connectivity index (χ1v) is 5.50. The van der Waals surface area contributed by atoms with Crippen molar-refractivity contribution >= 4 is 22.5 Å². The maximum absolute atomic E-state index is 12.3. The molecule has 84 valence electrons. The van der Waals surface area contributed by atoms with E-state index >= 15 is 0 Å². The molecule has 0 saturated carbocycles. The Morgan fingerprint density at radius 2 is 1.75 bits per heavy atom. The molecule has 1 aromatic rings. The average molecular weight is 277 g/mol. The maximum Gasteiger partial charge on any atom is 1.00 e. The summed E-state index contributed by atoms with van der Waals surface area (Å²) >= 11 is 0. The molecule has 9 heteroatoms. The summed E-state index contributed by atoms with van der Waals surface area (Å²) in [5.41, 5.74) is -0.839. The van der Waals surface area contributed by atoms with E-state index in [-0.39, 0.29) is 61.8 Å². The molecule has 0 atom stereocenters. The third kappa shape index (κ3) is 4.13. The molecule has 0 aliphatic rings. The number of primary sulfonamides is 1. The summed E-state index contributed by atoms with van der Waals surface area (Å²) in [6.07, 6.45) is 0. The topological polar surface area (TPSA) is 60.2 Å². The van der Waals surface area contributed by atoms with E-state index < -0.39 is 22.5 Å². The molecule has 3 nitrogen and oxygen atoms in total. The van der Waals surface area contributed by atoms with Gasteiger partial charge in [-0.2, -0.15) is 0 Å². The van der Waals surface area contributed by atoms with Gasteiger partial charge in [-0.1, -0.05) is 12.1 Å². The molecule has 0 unspecified atom stereocenters. The van der Waals surface area contributed by atoms with Crippen molar-refractivity contribution in [3.63, 3.8) is 0 Å². The third-order valence-corrected chi connectivity index (χ3v) is 2.95. The van der Waals surface area contributed by atoms with Gasteiger partial charge < -0.3 is 12.9 Å². The number of hydrogen-bond acceptors (Lipinski definition) is 2. The molecule has 0 spiro atoms.